The molecule has 6 heteroatoms. The summed E-state index contributed by atoms with van der Waals surface area (Å²) in [5.74, 6) is 0.980. The number of thioether (sulfide) groups is 2. The Balaban J connectivity index is 1.63. The maximum absolute atomic E-state index is 11.6. The Labute approximate surface area is 126 Å². The second kappa shape index (κ2) is 6.10. The summed E-state index contributed by atoms with van der Waals surface area (Å²) in [7, 11) is 0. The van der Waals surface area contributed by atoms with Gasteiger partial charge in [-0.3, -0.25) is 4.57 Å². The molecular weight excluding hydrogens is 290 g/mol. The quantitative estimate of drug-likeness (QED) is 0.863. The fraction of sp³-hybridized carbons (Fsp3) is 0.429. The summed E-state index contributed by atoms with van der Waals surface area (Å²) >= 11 is 3.61. The third-order valence-corrected chi connectivity index (χ3v) is 5.95. The predicted molar refractivity (Wildman–Crippen MR) is 83.7 cm³/mol. The van der Waals surface area contributed by atoms with Gasteiger partial charge in [0, 0.05) is 22.4 Å². The van der Waals surface area contributed by atoms with Gasteiger partial charge in [0.25, 0.3) is 0 Å². The van der Waals surface area contributed by atoms with Crippen molar-refractivity contribution in [3.8, 4) is 0 Å². The molecule has 1 aromatic heterocycles. The summed E-state index contributed by atoms with van der Waals surface area (Å²) in [6, 6.07) is 8.58. The summed E-state index contributed by atoms with van der Waals surface area (Å²) in [6.45, 7) is 2.80. The topological polar surface area (TPSA) is 50.7 Å². The molecule has 0 amide bonds. The summed E-state index contributed by atoms with van der Waals surface area (Å²) < 4.78 is 1.73. The van der Waals surface area contributed by atoms with Crippen LogP contribution in [0.2, 0.25) is 0 Å². The van der Waals surface area contributed by atoms with E-state index < -0.39 is 0 Å². The Morgan fingerprint density at radius 2 is 2.35 bits per heavy atom. The molecular formula is C14H17N3OS2. The van der Waals surface area contributed by atoms with Crippen LogP contribution in [0.1, 0.15) is 18.9 Å². The van der Waals surface area contributed by atoms with Crippen LogP contribution >= 0.6 is 23.5 Å². The summed E-state index contributed by atoms with van der Waals surface area (Å²) in [5.41, 5.74) is 1.34. The van der Waals surface area contributed by atoms with Crippen molar-refractivity contribution in [3.63, 3.8) is 0 Å². The van der Waals surface area contributed by atoms with E-state index in [1.165, 1.54) is 10.5 Å². The number of aromatic nitrogens is 3. The number of hydrogen-bond donors (Lipinski definition) is 1. The number of nitrogens with zero attached hydrogens (tertiary/aromatic N) is 2. The van der Waals surface area contributed by atoms with Crippen LogP contribution in [0.25, 0.3) is 0 Å². The summed E-state index contributed by atoms with van der Waals surface area (Å²) in [6.07, 6.45) is 2.05. The van der Waals surface area contributed by atoms with Crippen LogP contribution in [0, 0.1) is 0 Å². The fourth-order valence-corrected chi connectivity index (χ4v) is 4.80. The molecule has 20 heavy (non-hydrogen) atoms. The molecule has 0 radical (unpaired) electrons. The van der Waals surface area contributed by atoms with Gasteiger partial charge in [-0.2, -0.15) is 0 Å². The van der Waals surface area contributed by atoms with Gasteiger partial charge in [-0.05, 0) is 24.5 Å². The number of aromatic amines is 1. The molecule has 0 bridgehead atoms. The minimum absolute atomic E-state index is 0.100. The Kier molecular flexibility index (Phi) is 4.21. The first-order chi connectivity index (χ1) is 9.78. The average molecular weight is 307 g/mol. The minimum Gasteiger partial charge on any atom is -0.270 e. The molecule has 1 aromatic carbocycles. The minimum atomic E-state index is -0.100. The predicted octanol–water partition coefficient (Wildman–Crippen LogP) is 2.79. The van der Waals surface area contributed by atoms with Gasteiger partial charge >= 0.3 is 5.69 Å². The molecule has 1 atom stereocenters. The molecule has 2 heterocycles. The first kappa shape index (κ1) is 13.8. The van der Waals surface area contributed by atoms with Gasteiger partial charge in [-0.25, -0.2) is 9.89 Å². The van der Waals surface area contributed by atoms with Gasteiger partial charge in [-0.15, -0.1) is 16.9 Å². The Hall–Kier alpha value is -1.14. The van der Waals surface area contributed by atoms with E-state index in [1.807, 2.05) is 11.8 Å². The standard InChI is InChI=1S/C14H17N3OS2/c1-2-7-17-13(18)15-16-14(17)19-9-11-8-10-5-3-4-6-12(10)20-11/h3-6,11H,2,7-9H2,1H3,(H,15,18). The Morgan fingerprint density at radius 3 is 3.15 bits per heavy atom. The lowest BCUT2D eigenvalue weighted by atomic mass is 10.1. The van der Waals surface area contributed by atoms with Crippen molar-refractivity contribution in [1.82, 2.24) is 14.8 Å². The molecule has 106 valence electrons. The van der Waals surface area contributed by atoms with Crippen LogP contribution in [-0.2, 0) is 13.0 Å². The number of rotatable bonds is 5. The van der Waals surface area contributed by atoms with Crippen molar-refractivity contribution in [3.05, 3.63) is 40.3 Å². The van der Waals surface area contributed by atoms with Crippen molar-refractivity contribution >= 4 is 23.5 Å². The summed E-state index contributed by atoms with van der Waals surface area (Å²) in [5, 5.41) is 8.05. The van der Waals surface area contributed by atoms with E-state index in [1.54, 1.807) is 16.3 Å². The van der Waals surface area contributed by atoms with E-state index in [0.29, 0.717) is 5.25 Å². The number of hydrogen-bond acceptors (Lipinski definition) is 4. The molecule has 1 unspecified atom stereocenters. The van der Waals surface area contributed by atoms with Crippen molar-refractivity contribution in [2.24, 2.45) is 0 Å². The van der Waals surface area contributed by atoms with E-state index in [9.17, 15) is 4.79 Å². The van der Waals surface area contributed by atoms with Crippen LogP contribution in [0.15, 0.2) is 39.1 Å². The fourth-order valence-electron chi connectivity index (χ4n) is 2.35. The van der Waals surface area contributed by atoms with Crippen LogP contribution in [0.5, 0.6) is 0 Å². The average Bonchev–Trinajstić information content (AvgIpc) is 3.02. The third kappa shape index (κ3) is 2.81. The zero-order chi connectivity index (χ0) is 13.9. The lowest BCUT2D eigenvalue weighted by molar-refractivity contribution is 0.603. The molecule has 0 fully saturated rings. The SMILES string of the molecule is CCCn1c(SCC2Cc3ccccc3S2)n[nH]c1=O. The molecule has 1 N–H and O–H groups in total. The highest BCUT2D eigenvalue weighted by molar-refractivity contribution is 8.03. The molecule has 4 nitrogen and oxygen atoms in total. The second-order valence-electron chi connectivity index (χ2n) is 4.83. The van der Waals surface area contributed by atoms with Crippen molar-refractivity contribution in [1.29, 1.82) is 0 Å². The van der Waals surface area contributed by atoms with Gasteiger partial charge in [0.05, 0.1) is 0 Å². The number of benzene rings is 1. The van der Waals surface area contributed by atoms with Crippen molar-refractivity contribution in [2.75, 3.05) is 5.75 Å². The van der Waals surface area contributed by atoms with Gasteiger partial charge in [0.2, 0.25) is 0 Å². The highest BCUT2D eigenvalue weighted by Crippen LogP contribution is 2.38. The molecule has 0 spiro atoms. The number of fused-ring (bicyclic) bond motifs is 1. The lowest BCUT2D eigenvalue weighted by Crippen LogP contribution is -2.17. The van der Waals surface area contributed by atoms with Crippen LogP contribution in [0.4, 0.5) is 0 Å². The molecule has 0 aliphatic carbocycles. The monoisotopic (exact) mass is 307 g/mol. The number of nitrogens with one attached hydrogen (secondary N) is 1. The Bertz CT molecular complexity index is 625. The van der Waals surface area contributed by atoms with Gasteiger partial charge in [-0.1, -0.05) is 36.9 Å². The molecule has 1 aliphatic heterocycles. The normalized spacial score (nSPS) is 17.4. The first-order valence-electron chi connectivity index (χ1n) is 6.80. The van der Waals surface area contributed by atoms with Gasteiger partial charge in [0.1, 0.15) is 0 Å². The van der Waals surface area contributed by atoms with Crippen molar-refractivity contribution in [2.45, 2.75) is 41.6 Å². The van der Waals surface area contributed by atoms with E-state index in [2.05, 4.69) is 41.4 Å². The van der Waals surface area contributed by atoms with E-state index in [4.69, 9.17) is 0 Å². The zero-order valence-corrected chi connectivity index (χ0v) is 13.0. The lowest BCUT2D eigenvalue weighted by Gasteiger charge is -2.08. The Morgan fingerprint density at radius 1 is 1.50 bits per heavy atom. The van der Waals surface area contributed by atoms with Crippen molar-refractivity contribution < 1.29 is 0 Å². The smallest absolute Gasteiger partial charge is 0.270 e. The largest absolute Gasteiger partial charge is 0.343 e. The molecule has 1 aliphatic rings. The second-order valence-corrected chi connectivity index (χ2v) is 7.16. The molecule has 0 saturated heterocycles. The highest BCUT2D eigenvalue weighted by atomic mass is 32.2. The maximum Gasteiger partial charge on any atom is 0.343 e. The first-order valence-corrected chi connectivity index (χ1v) is 8.67. The van der Waals surface area contributed by atoms with Crippen LogP contribution in [0.3, 0.4) is 0 Å². The van der Waals surface area contributed by atoms with E-state index >= 15 is 0 Å². The highest BCUT2D eigenvalue weighted by Gasteiger charge is 2.22. The molecule has 2 aromatic rings. The third-order valence-electron chi connectivity index (χ3n) is 3.28. The van der Waals surface area contributed by atoms with E-state index in [-0.39, 0.29) is 5.69 Å². The number of H-pyrrole nitrogens is 1. The zero-order valence-electron chi connectivity index (χ0n) is 11.3. The van der Waals surface area contributed by atoms with Gasteiger partial charge < -0.3 is 0 Å². The molecule has 0 saturated carbocycles. The van der Waals surface area contributed by atoms with Gasteiger partial charge in [0.15, 0.2) is 5.16 Å². The van der Waals surface area contributed by atoms with Crippen LogP contribution < -0.4 is 5.69 Å². The van der Waals surface area contributed by atoms with Crippen LogP contribution in [-0.4, -0.2) is 25.8 Å². The molecule has 3 rings (SSSR count). The maximum atomic E-state index is 11.6. The van der Waals surface area contributed by atoms with E-state index in [0.717, 1.165) is 30.3 Å². The summed E-state index contributed by atoms with van der Waals surface area (Å²) in [4.78, 5) is 13.0.